The van der Waals surface area contributed by atoms with Crippen LogP contribution in [0.1, 0.15) is 46.4 Å². The minimum Gasteiger partial charge on any atom is -0.496 e. The van der Waals surface area contributed by atoms with Crippen molar-refractivity contribution >= 4 is 6.09 Å². The molecule has 2 atom stereocenters. The maximum absolute atomic E-state index is 13.4. The Morgan fingerprint density at radius 1 is 0.914 bits per heavy atom. The molecule has 7 heteroatoms. The molecule has 35 heavy (non-hydrogen) atoms. The van der Waals surface area contributed by atoms with Gasteiger partial charge in [0.2, 0.25) is 0 Å². The minimum absolute atomic E-state index is 0.253. The third kappa shape index (κ3) is 4.99. The van der Waals surface area contributed by atoms with Gasteiger partial charge in [0, 0.05) is 5.56 Å². The van der Waals surface area contributed by atoms with Gasteiger partial charge >= 0.3 is 12.3 Å². The van der Waals surface area contributed by atoms with E-state index < -0.39 is 30.0 Å². The third-order valence-corrected chi connectivity index (χ3v) is 6.39. The Hall–Kier alpha value is -3.48. The zero-order valence-electron chi connectivity index (χ0n) is 20.4. The number of nitrogens with zero attached hydrogens (tertiary/aromatic N) is 1. The van der Waals surface area contributed by atoms with Crippen LogP contribution in [0, 0.1) is 20.8 Å². The Bertz CT molecular complexity index is 1270. The summed E-state index contributed by atoms with van der Waals surface area (Å²) in [6.45, 7) is 7.63. The van der Waals surface area contributed by atoms with Crippen molar-refractivity contribution in [1.29, 1.82) is 0 Å². The molecule has 0 aromatic heterocycles. The number of aryl methyl sites for hydroxylation is 3. The van der Waals surface area contributed by atoms with Crippen molar-refractivity contribution in [1.82, 2.24) is 4.90 Å². The molecule has 0 N–H and O–H groups in total. The predicted molar refractivity (Wildman–Crippen MR) is 128 cm³/mol. The van der Waals surface area contributed by atoms with Crippen molar-refractivity contribution in [2.75, 3.05) is 7.11 Å². The number of hydrogen-bond donors (Lipinski definition) is 0. The average molecular weight is 484 g/mol. The fourth-order valence-corrected chi connectivity index (χ4v) is 4.63. The summed E-state index contributed by atoms with van der Waals surface area (Å²) >= 11 is 0. The summed E-state index contributed by atoms with van der Waals surface area (Å²) in [7, 11) is 1.61. The van der Waals surface area contributed by atoms with E-state index in [4.69, 9.17) is 9.47 Å². The number of cyclic esters (lactones) is 1. The number of ether oxygens (including phenoxy) is 2. The summed E-state index contributed by atoms with van der Waals surface area (Å²) in [5.74, 6) is 0.718. The van der Waals surface area contributed by atoms with Crippen LogP contribution in [-0.4, -0.2) is 24.1 Å². The van der Waals surface area contributed by atoms with Crippen LogP contribution >= 0.6 is 0 Å². The van der Waals surface area contributed by atoms with Crippen LogP contribution in [0.3, 0.4) is 0 Å². The van der Waals surface area contributed by atoms with Crippen LogP contribution in [0.4, 0.5) is 18.0 Å². The molecule has 1 amide bonds. The Balaban J connectivity index is 1.69. The predicted octanol–water partition coefficient (Wildman–Crippen LogP) is 7.39. The Morgan fingerprint density at radius 3 is 2.29 bits per heavy atom. The van der Waals surface area contributed by atoms with Crippen molar-refractivity contribution in [2.24, 2.45) is 0 Å². The second-order valence-corrected chi connectivity index (χ2v) is 9.17. The summed E-state index contributed by atoms with van der Waals surface area (Å²) in [5.41, 5.74) is 4.89. The van der Waals surface area contributed by atoms with Gasteiger partial charge in [-0.2, -0.15) is 13.2 Å². The fourth-order valence-electron chi connectivity index (χ4n) is 4.63. The van der Waals surface area contributed by atoms with Gasteiger partial charge in [0.25, 0.3) is 0 Å². The standard InChI is InChI=1S/C28H28F3NO3/c1-16-6-8-23(24-13-17(2)7-9-25(24)34-5)21(10-16)15-32-19(4)26(35-27(32)33)20-11-18(3)12-22(14-20)28(29,30)31/h6-14,19,26H,15H2,1-5H3/t19-,26-/m0/s1. The van der Waals surface area contributed by atoms with Gasteiger partial charge in [0.05, 0.1) is 25.3 Å². The van der Waals surface area contributed by atoms with Gasteiger partial charge in [-0.05, 0) is 68.7 Å². The number of benzene rings is 3. The molecule has 0 unspecified atom stereocenters. The number of rotatable bonds is 5. The van der Waals surface area contributed by atoms with Gasteiger partial charge in [0.1, 0.15) is 11.9 Å². The molecule has 1 fully saturated rings. The van der Waals surface area contributed by atoms with Crippen molar-refractivity contribution in [2.45, 2.75) is 52.6 Å². The van der Waals surface area contributed by atoms with Crippen molar-refractivity contribution < 1.29 is 27.4 Å². The number of halogens is 3. The summed E-state index contributed by atoms with van der Waals surface area (Å²) in [4.78, 5) is 14.5. The number of hydrogen-bond acceptors (Lipinski definition) is 3. The molecule has 184 valence electrons. The maximum atomic E-state index is 13.4. The molecule has 0 aliphatic carbocycles. The monoisotopic (exact) mass is 483 g/mol. The number of methoxy groups -OCH3 is 1. The normalized spacial score (nSPS) is 18.1. The van der Waals surface area contributed by atoms with Crippen LogP contribution in [0.25, 0.3) is 11.1 Å². The summed E-state index contributed by atoms with van der Waals surface area (Å²) in [5, 5.41) is 0. The zero-order valence-corrected chi connectivity index (χ0v) is 20.4. The van der Waals surface area contributed by atoms with Crippen LogP contribution in [-0.2, 0) is 17.5 Å². The van der Waals surface area contributed by atoms with Gasteiger partial charge in [-0.3, -0.25) is 4.90 Å². The van der Waals surface area contributed by atoms with Crippen LogP contribution in [0.2, 0.25) is 0 Å². The first-order chi connectivity index (χ1) is 16.5. The molecule has 3 aromatic carbocycles. The first kappa shape index (κ1) is 24.6. The van der Waals surface area contributed by atoms with Crippen molar-refractivity contribution in [3.63, 3.8) is 0 Å². The summed E-state index contributed by atoms with van der Waals surface area (Å²) in [6, 6.07) is 15.3. The highest BCUT2D eigenvalue weighted by molar-refractivity contribution is 5.76. The highest BCUT2D eigenvalue weighted by Crippen LogP contribution is 2.39. The van der Waals surface area contributed by atoms with E-state index in [1.165, 1.54) is 0 Å². The van der Waals surface area contributed by atoms with Crippen molar-refractivity contribution in [3.8, 4) is 16.9 Å². The second-order valence-electron chi connectivity index (χ2n) is 9.17. The van der Waals surface area contributed by atoms with Crippen LogP contribution < -0.4 is 4.74 Å². The molecule has 3 aromatic rings. The van der Waals surface area contributed by atoms with Crippen LogP contribution in [0.15, 0.2) is 54.6 Å². The van der Waals surface area contributed by atoms with Gasteiger partial charge in [-0.15, -0.1) is 0 Å². The van der Waals surface area contributed by atoms with E-state index in [9.17, 15) is 18.0 Å². The average Bonchev–Trinajstić information content (AvgIpc) is 3.06. The smallest absolute Gasteiger partial charge is 0.416 e. The van der Waals surface area contributed by atoms with Gasteiger partial charge < -0.3 is 9.47 Å². The van der Waals surface area contributed by atoms with Gasteiger partial charge in [-0.1, -0.05) is 47.0 Å². The summed E-state index contributed by atoms with van der Waals surface area (Å²) < 4.78 is 51.3. The lowest BCUT2D eigenvalue weighted by Gasteiger charge is -2.23. The van der Waals surface area contributed by atoms with E-state index in [1.54, 1.807) is 31.9 Å². The molecule has 4 rings (SSSR count). The van der Waals surface area contributed by atoms with E-state index >= 15 is 0 Å². The quantitative estimate of drug-likeness (QED) is 0.380. The van der Waals surface area contributed by atoms with E-state index in [2.05, 4.69) is 0 Å². The topological polar surface area (TPSA) is 38.8 Å². The Kier molecular flexibility index (Phi) is 6.54. The number of carbonyl (C=O) groups excluding carboxylic acids is 1. The lowest BCUT2D eigenvalue weighted by atomic mass is 9.94. The lowest BCUT2D eigenvalue weighted by molar-refractivity contribution is -0.137. The maximum Gasteiger partial charge on any atom is 0.416 e. The van der Waals surface area contributed by atoms with Gasteiger partial charge in [-0.25, -0.2) is 4.79 Å². The first-order valence-electron chi connectivity index (χ1n) is 11.4. The SMILES string of the molecule is COc1ccc(C)cc1-c1ccc(C)cc1CN1C(=O)O[C@H](c2cc(C)cc(C(F)(F)F)c2)[C@@H]1C. The molecule has 1 aliphatic heterocycles. The van der Waals surface area contributed by atoms with E-state index in [0.29, 0.717) is 11.1 Å². The fraction of sp³-hybridized carbons (Fsp3) is 0.321. The van der Waals surface area contributed by atoms with E-state index in [-0.39, 0.29) is 6.54 Å². The Labute approximate surface area is 203 Å². The molecule has 0 radical (unpaired) electrons. The molecular formula is C28H28F3NO3. The molecule has 0 bridgehead atoms. The number of alkyl halides is 3. The lowest BCUT2D eigenvalue weighted by Crippen LogP contribution is -2.31. The summed E-state index contributed by atoms with van der Waals surface area (Å²) in [6.07, 6.45) is -5.83. The molecule has 4 nitrogen and oxygen atoms in total. The number of amides is 1. The molecule has 1 heterocycles. The second kappa shape index (κ2) is 9.29. The Morgan fingerprint density at radius 2 is 1.60 bits per heavy atom. The van der Waals surface area contributed by atoms with Crippen LogP contribution in [0.5, 0.6) is 5.75 Å². The largest absolute Gasteiger partial charge is 0.496 e. The molecule has 0 saturated carbocycles. The first-order valence-corrected chi connectivity index (χ1v) is 11.4. The molecule has 1 saturated heterocycles. The van der Waals surface area contributed by atoms with Gasteiger partial charge in [0.15, 0.2) is 0 Å². The highest BCUT2D eigenvalue weighted by atomic mass is 19.4. The minimum atomic E-state index is -4.48. The highest BCUT2D eigenvalue weighted by Gasteiger charge is 2.41. The zero-order chi connectivity index (χ0) is 25.5. The number of carbonyl (C=O) groups is 1. The van der Waals surface area contributed by atoms with Crippen molar-refractivity contribution in [3.05, 3.63) is 88.0 Å². The van der Waals surface area contributed by atoms with E-state index in [0.717, 1.165) is 45.7 Å². The molecular weight excluding hydrogens is 455 g/mol. The third-order valence-electron chi connectivity index (χ3n) is 6.39. The molecule has 1 aliphatic rings. The van der Waals surface area contributed by atoms with E-state index in [1.807, 2.05) is 50.2 Å². The molecule has 0 spiro atoms.